The van der Waals surface area contributed by atoms with Crippen molar-refractivity contribution in [1.82, 2.24) is 19.8 Å². The molecule has 1 aromatic heterocycles. The van der Waals surface area contributed by atoms with Gasteiger partial charge in [0.05, 0.1) is 23.6 Å². The Morgan fingerprint density at radius 1 is 1.16 bits per heavy atom. The number of benzene rings is 3. The van der Waals surface area contributed by atoms with Crippen LogP contribution in [0.2, 0.25) is 10.0 Å². The number of likely N-dealkylation sites (tertiary alicyclic amines) is 1. The first-order chi connectivity index (χ1) is 21.3. The Labute approximate surface area is 265 Å². The number of nitriles is 1. The highest BCUT2D eigenvalue weighted by Gasteiger charge is 2.32. The number of halogens is 3. The average Bonchev–Trinajstić information content (AvgIpc) is 3.44. The van der Waals surface area contributed by atoms with Crippen LogP contribution in [0.25, 0.3) is 32.8 Å². The van der Waals surface area contributed by atoms with Gasteiger partial charge in [-0.3, -0.25) is 4.79 Å². The molecule has 0 bridgehead atoms. The predicted octanol–water partition coefficient (Wildman–Crippen LogP) is 6.49. The Balaban J connectivity index is 1.49. The topological polar surface area (TPSA) is 85.6 Å². The SMILES string of the molecule is C=CC(=O)N1CCN(c2nc(OCC3CCCN3C)nc3c(F)c(-c4cccc5cccc(Cl)c45)c(Cl)cc23)CC1CC#N. The molecule has 1 amide bonds. The number of ether oxygens (including phenoxy) is 1. The molecule has 2 aliphatic heterocycles. The fraction of sp³-hybridized carbons (Fsp3) is 0.333. The van der Waals surface area contributed by atoms with Crippen LogP contribution < -0.4 is 9.64 Å². The molecule has 3 aromatic carbocycles. The fourth-order valence-electron chi connectivity index (χ4n) is 6.31. The highest BCUT2D eigenvalue weighted by Crippen LogP contribution is 2.43. The normalized spacial score (nSPS) is 19.0. The van der Waals surface area contributed by atoms with Crippen LogP contribution in [0, 0.1) is 17.1 Å². The van der Waals surface area contributed by atoms with E-state index in [0.717, 1.165) is 24.8 Å². The minimum absolute atomic E-state index is 0.0531. The number of fused-ring (bicyclic) bond motifs is 2. The molecule has 0 saturated carbocycles. The zero-order valence-corrected chi connectivity index (χ0v) is 25.8. The minimum Gasteiger partial charge on any atom is -0.462 e. The maximum absolute atomic E-state index is 16.8. The Morgan fingerprint density at radius 3 is 2.68 bits per heavy atom. The quantitative estimate of drug-likeness (QED) is 0.215. The minimum atomic E-state index is -0.611. The van der Waals surface area contributed by atoms with E-state index in [0.29, 0.717) is 53.4 Å². The molecule has 2 aliphatic rings. The van der Waals surface area contributed by atoms with E-state index in [1.54, 1.807) is 23.1 Å². The third kappa shape index (κ3) is 5.54. The third-order valence-corrected chi connectivity index (χ3v) is 9.22. The number of likely N-dealkylation sites (N-methyl/N-ethyl adjacent to an activating group) is 1. The van der Waals surface area contributed by atoms with Gasteiger partial charge in [0.15, 0.2) is 5.82 Å². The first-order valence-corrected chi connectivity index (χ1v) is 15.3. The molecule has 4 aromatic rings. The van der Waals surface area contributed by atoms with Gasteiger partial charge in [-0.2, -0.15) is 15.2 Å². The Morgan fingerprint density at radius 2 is 1.95 bits per heavy atom. The van der Waals surface area contributed by atoms with E-state index in [9.17, 15) is 10.1 Å². The van der Waals surface area contributed by atoms with Gasteiger partial charge in [-0.25, -0.2) is 4.39 Å². The molecule has 0 N–H and O–H groups in total. The van der Waals surface area contributed by atoms with E-state index >= 15 is 4.39 Å². The summed E-state index contributed by atoms with van der Waals surface area (Å²) in [7, 11) is 2.05. The van der Waals surface area contributed by atoms with Crippen molar-refractivity contribution in [3.63, 3.8) is 0 Å². The fourth-order valence-corrected chi connectivity index (χ4v) is 6.89. The maximum Gasteiger partial charge on any atom is 0.319 e. The number of hydrogen-bond donors (Lipinski definition) is 0. The van der Waals surface area contributed by atoms with Crippen molar-refractivity contribution in [2.75, 3.05) is 44.7 Å². The third-order valence-electron chi connectivity index (χ3n) is 8.61. The summed E-state index contributed by atoms with van der Waals surface area (Å²) < 4.78 is 22.9. The molecule has 2 saturated heterocycles. The number of piperazine rings is 1. The zero-order chi connectivity index (χ0) is 31.0. The molecule has 8 nitrogen and oxygen atoms in total. The lowest BCUT2D eigenvalue weighted by Crippen LogP contribution is -2.55. The van der Waals surface area contributed by atoms with Gasteiger partial charge in [0, 0.05) is 47.0 Å². The lowest BCUT2D eigenvalue weighted by atomic mass is 9.96. The van der Waals surface area contributed by atoms with Gasteiger partial charge in [0.1, 0.15) is 17.9 Å². The smallest absolute Gasteiger partial charge is 0.319 e. The monoisotopic (exact) mass is 632 g/mol. The molecule has 6 rings (SSSR count). The van der Waals surface area contributed by atoms with Crippen molar-refractivity contribution in [1.29, 1.82) is 5.26 Å². The van der Waals surface area contributed by atoms with Gasteiger partial charge in [0.25, 0.3) is 0 Å². The van der Waals surface area contributed by atoms with E-state index < -0.39 is 11.9 Å². The van der Waals surface area contributed by atoms with Crippen LogP contribution in [-0.4, -0.2) is 77.6 Å². The average molecular weight is 634 g/mol. The molecule has 0 spiro atoms. The van der Waals surface area contributed by atoms with Crippen molar-refractivity contribution in [3.05, 3.63) is 71.0 Å². The molecule has 0 radical (unpaired) electrons. The summed E-state index contributed by atoms with van der Waals surface area (Å²) in [6, 6.07) is 14.8. The van der Waals surface area contributed by atoms with E-state index in [-0.39, 0.29) is 40.5 Å². The van der Waals surface area contributed by atoms with Crippen LogP contribution in [-0.2, 0) is 4.79 Å². The number of anilines is 1. The van der Waals surface area contributed by atoms with Crippen LogP contribution in [0.3, 0.4) is 0 Å². The van der Waals surface area contributed by atoms with Gasteiger partial charge < -0.3 is 19.4 Å². The number of carbonyl (C=O) groups excluding carboxylic acids is 1. The summed E-state index contributed by atoms with van der Waals surface area (Å²) in [6.07, 6.45) is 3.44. The van der Waals surface area contributed by atoms with Crippen LogP contribution in [0.5, 0.6) is 6.01 Å². The number of amides is 1. The molecule has 3 heterocycles. The summed E-state index contributed by atoms with van der Waals surface area (Å²) in [5.74, 6) is -0.420. The molecule has 226 valence electrons. The van der Waals surface area contributed by atoms with E-state index in [1.165, 1.54) is 6.08 Å². The van der Waals surface area contributed by atoms with E-state index in [4.69, 9.17) is 32.9 Å². The lowest BCUT2D eigenvalue weighted by molar-refractivity contribution is -0.128. The highest BCUT2D eigenvalue weighted by molar-refractivity contribution is 6.38. The Bertz CT molecular complexity index is 1810. The van der Waals surface area contributed by atoms with Gasteiger partial charge in [-0.1, -0.05) is 60.1 Å². The van der Waals surface area contributed by atoms with Crippen LogP contribution >= 0.6 is 23.2 Å². The maximum atomic E-state index is 16.8. The van der Waals surface area contributed by atoms with Crippen LogP contribution in [0.4, 0.5) is 10.2 Å². The lowest BCUT2D eigenvalue weighted by Gasteiger charge is -2.41. The molecule has 2 atom stereocenters. The molecular weight excluding hydrogens is 602 g/mol. The van der Waals surface area contributed by atoms with Crippen LogP contribution in [0.1, 0.15) is 19.3 Å². The van der Waals surface area contributed by atoms with Gasteiger partial charge >= 0.3 is 6.01 Å². The molecule has 44 heavy (non-hydrogen) atoms. The zero-order valence-electron chi connectivity index (χ0n) is 24.3. The summed E-state index contributed by atoms with van der Waals surface area (Å²) >= 11 is 13.5. The molecular formula is C33H31Cl2FN6O2. The standard InChI is InChI=1S/C33H31Cl2FN6O2/c1-3-27(43)42-16-15-41(18-21(42)12-13-37)32-24-17-26(35)29(23-10-4-7-20-8-5-11-25(34)28(20)23)30(36)31(24)38-33(39-32)44-19-22-9-6-14-40(22)2/h3-5,7-8,10-11,17,21-22H,1,6,9,12,14-16,18-19H2,2H3. The summed E-state index contributed by atoms with van der Waals surface area (Å²) in [4.78, 5) is 27.7. The second-order valence-corrected chi connectivity index (χ2v) is 12.0. The number of nitrogens with zero attached hydrogens (tertiary/aromatic N) is 6. The summed E-state index contributed by atoms with van der Waals surface area (Å²) in [5.41, 5.74) is 0.806. The molecule has 0 aliphatic carbocycles. The molecule has 11 heteroatoms. The van der Waals surface area contributed by atoms with Gasteiger partial charge in [-0.15, -0.1) is 0 Å². The van der Waals surface area contributed by atoms with E-state index in [2.05, 4.69) is 29.6 Å². The van der Waals surface area contributed by atoms with Gasteiger partial charge in [0.2, 0.25) is 5.91 Å². The predicted molar refractivity (Wildman–Crippen MR) is 172 cm³/mol. The number of rotatable bonds is 7. The Hall–Kier alpha value is -3.97. The van der Waals surface area contributed by atoms with Crippen molar-refractivity contribution in [2.45, 2.75) is 31.3 Å². The number of carbonyl (C=O) groups is 1. The number of aromatic nitrogens is 2. The molecule has 2 fully saturated rings. The summed E-state index contributed by atoms with van der Waals surface area (Å²) in [5, 5.41) is 12.1. The second kappa shape index (κ2) is 12.6. The van der Waals surface area contributed by atoms with Crippen molar-refractivity contribution in [3.8, 4) is 23.2 Å². The Kier molecular flexibility index (Phi) is 8.59. The number of hydrogen-bond acceptors (Lipinski definition) is 7. The van der Waals surface area contributed by atoms with E-state index in [1.807, 2.05) is 29.2 Å². The first-order valence-electron chi connectivity index (χ1n) is 14.6. The largest absolute Gasteiger partial charge is 0.462 e. The second-order valence-electron chi connectivity index (χ2n) is 11.2. The first kappa shape index (κ1) is 30.1. The highest BCUT2D eigenvalue weighted by atomic mass is 35.5. The van der Waals surface area contributed by atoms with Crippen LogP contribution in [0.15, 0.2) is 55.1 Å². The molecule has 2 unspecified atom stereocenters. The van der Waals surface area contributed by atoms with Crippen molar-refractivity contribution >= 4 is 56.6 Å². The summed E-state index contributed by atoms with van der Waals surface area (Å²) in [6.45, 7) is 6.00. The van der Waals surface area contributed by atoms with Crippen molar-refractivity contribution < 1.29 is 13.9 Å². The van der Waals surface area contributed by atoms with Crippen molar-refractivity contribution in [2.24, 2.45) is 0 Å². The van der Waals surface area contributed by atoms with Gasteiger partial charge in [-0.05, 0) is 55.6 Å².